The average molecular weight is 466 g/mol. The number of aryl methyl sites for hydroxylation is 1. The summed E-state index contributed by atoms with van der Waals surface area (Å²) in [6, 6.07) is 29.3. The van der Waals surface area contributed by atoms with Crippen LogP contribution in [0, 0.1) is 18.3 Å². The second-order valence-corrected chi connectivity index (χ2v) is 8.58. The summed E-state index contributed by atoms with van der Waals surface area (Å²) in [6.45, 7) is 2.03. The molecule has 0 atom stereocenters. The molecule has 0 spiro atoms. The minimum absolute atomic E-state index is 0.102. The van der Waals surface area contributed by atoms with E-state index in [1.165, 1.54) is 11.8 Å². The summed E-state index contributed by atoms with van der Waals surface area (Å²) in [6.07, 6.45) is 0. The Balaban J connectivity index is 1.68. The van der Waals surface area contributed by atoms with E-state index in [1.807, 2.05) is 79.7 Å². The van der Waals surface area contributed by atoms with Crippen LogP contribution >= 0.6 is 11.8 Å². The number of methoxy groups -OCH3 is 1. The number of carbonyl (C=O) groups excluding carboxylic acids is 1. The lowest BCUT2D eigenvalue weighted by Crippen LogP contribution is -2.15. The van der Waals surface area contributed by atoms with Gasteiger partial charge in [0.1, 0.15) is 16.8 Å². The highest BCUT2D eigenvalue weighted by Gasteiger charge is 2.17. The molecule has 0 saturated carbocycles. The van der Waals surface area contributed by atoms with E-state index in [0.29, 0.717) is 22.0 Å². The van der Waals surface area contributed by atoms with Crippen LogP contribution in [-0.2, 0) is 4.79 Å². The van der Waals surface area contributed by atoms with E-state index >= 15 is 0 Å². The Morgan fingerprint density at radius 3 is 2.41 bits per heavy atom. The molecule has 168 valence electrons. The number of para-hydroxylation sites is 2. The summed E-state index contributed by atoms with van der Waals surface area (Å²) in [5, 5.41) is 13.4. The lowest BCUT2D eigenvalue weighted by atomic mass is 9.99. The monoisotopic (exact) mass is 465 g/mol. The fourth-order valence-corrected chi connectivity index (χ4v) is 4.32. The molecule has 6 heteroatoms. The Morgan fingerprint density at radius 1 is 1.00 bits per heavy atom. The third-order valence-electron chi connectivity index (χ3n) is 5.25. The first-order chi connectivity index (χ1) is 16.6. The molecule has 0 aliphatic carbocycles. The third-order valence-corrected chi connectivity index (χ3v) is 6.23. The highest BCUT2D eigenvalue weighted by Crippen LogP contribution is 2.34. The molecule has 0 bridgehead atoms. The molecular weight excluding hydrogens is 442 g/mol. The number of thioether (sulfide) groups is 1. The van der Waals surface area contributed by atoms with Gasteiger partial charge in [0, 0.05) is 11.1 Å². The van der Waals surface area contributed by atoms with E-state index in [4.69, 9.17) is 9.72 Å². The summed E-state index contributed by atoms with van der Waals surface area (Å²) in [5.41, 5.74) is 5.64. The Hall–Kier alpha value is -4.08. The number of aromatic nitrogens is 1. The molecule has 1 heterocycles. The minimum Gasteiger partial charge on any atom is -0.495 e. The number of nitrogens with one attached hydrogen (secondary N) is 1. The predicted molar refractivity (Wildman–Crippen MR) is 137 cm³/mol. The molecule has 0 fully saturated rings. The van der Waals surface area contributed by atoms with Crippen molar-refractivity contribution in [3.8, 4) is 34.2 Å². The third kappa shape index (κ3) is 5.28. The molecule has 1 amide bonds. The molecule has 0 aliphatic heterocycles. The molecule has 0 saturated heterocycles. The normalized spacial score (nSPS) is 10.4. The number of benzene rings is 3. The van der Waals surface area contributed by atoms with Crippen molar-refractivity contribution in [2.45, 2.75) is 11.9 Å². The van der Waals surface area contributed by atoms with Crippen LogP contribution in [0.2, 0.25) is 0 Å². The van der Waals surface area contributed by atoms with Crippen LogP contribution < -0.4 is 10.1 Å². The molecule has 0 unspecified atom stereocenters. The number of hydrogen-bond acceptors (Lipinski definition) is 5. The van der Waals surface area contributed by atoms with Gasteiger partial charge in [-0.15, -0.1) is 0 Å². The molecule has 4 aromatic rings. The predicted octanol–water partition coefficient (Wildman–Crippen LogP) is 6.34. The lowest BCUT2D eigenvalue weighted by Gasteiger charge is -2.13. The van der Waals surface area contributed by atoms with Gasteiger partial charge in [0.2, 0.25) is 5.91 Å². The van der Waals surface area contributed by atoms with E-state index < -0.39 is 0 Å². The molecular formula is C28H23N3O2S. The van der Waals surface area contributed by atoms with Gasteiger partial charge in [-0.1, -0.05) is 84.1 Å². The molecule has 0 aliphatic rings. The van der Waals surface area contributed by atoms with Crippen molar-refractivity contribution >= 4 is 23.4 Å². The maximum Gasteiger partial charge on any atom is 0.234 e. The highest BCUT2D eigenvalue weighted by atomic mass is 32.2. The summed E-state index contributed by atoms with van der Waals surface area (Å²) in [4.78, 5) is 17.5. The van der Waals surface area contributed by atoms with Crippen molar-refractivity contribution in [1.82, 2.24) is 4.98 Å². The van der Waals surface area contributed by atoms with Crippen LogP contribution in [0.1, 0.15) is 11.1 Å². The van der Waals surface area contributed by atoms with Gasteiger partial charge in [-0.2, -0.15) is 5.26 Å². The van der Waals surface area contributed by atoms with Gasteiger partial charge in [-0.25, -0.2) is 4.98 Å². The SMILES string of the molecule is COc1ccccc1NC(=O)CSc1nc(-c2ccc(C)cc2)cc(-c2ccccc2)c1C#N. The van der Waals surface area contributed by atoms with Gasteiger partial charge in [0.15, 0.2) is 0 Å². The number of hydrogen-bond donors (Lipinski definition) is 1. The second-order valence-electron chi connectivity index (χ2n) is 7.62. The molecule has 3 aromatic carbocycles. The van der Waals surface area contributed by atoms with Gasteiger partial charge in [-0.3, -0.25) is 4.79 Å². The highest BCUT2D eigenvalue weighted by molar-refractivity contribution is 8.00. The van der Waals surface area contributed by atoms with Crippen LogP contribution in [-0.4, -0.2) is 23.8 Å². The van der Waals surface area contributed by atoms with Crippen molar-refractivity contribution in [2.24, 2.45) is 0 Å². The average Bonchev–Trinajstić information content (AvgIpc) is 2.88. The smallest absolute Gasteiger partial charge is 0.234 e. The van der Waals surface area contributed by atoms with Crippen molar-refractivity contribution in [2.75, 3.05) is 18.2 Å². The standard InChI is InChI=1S/C28H23N3O2S/c1-19-12-14-21(15-13-19)25-16-22(20-8-4-3-5-9-20)23(17-29)28(31-25)34-18-27(32)30-24-10-6-7-11-26(24)33-2/h3-16H,18H2,1-2H3,(H,30,32). The van der Waals surface area contributed by atoms with Gasteiger partial charge in [0.05, 0.1) is 29.8 Å². The largest absolute Gasteiger partial charge is 0.495 e. The Bertz CT molecular complexity index is 1350. The zero-order valence-electron chi connectivity index (χ0n) is 18.9. The molecule has 5 nitrogen and oxygen atoms in total. The Morgan fingerprint density at radius 2 is 1.71 bits per heavy atom. The molecule has 1 aromatic heterocycles. The number of pyridine rings is 1. The fraction of sp³-hybridized carbons (Fsp3) is 0.107. The summed E-state index contributed by atoms with van der Waals surface area (Å²) >= 11 is 1.25. The van der Waals surface area contributed by atoms with E-state index in [0.717, 1.165) is 27.9 Å². The molecule has 34 heavy (non-hydrogen) atoms. The number of ether oxygens (including phenoxy) is 1. The van der Waals surface area contributed by atoms with Crippen LogP contribution in [0.15, 0.2) is 90.0 Å². The maximum atomic E-state index is 12.7. The number of rotatable bonds is 7. The topological polar surface area (TPSA) is 75.0 Å². The maximum absolute atomic E-state index is 12.7. The van der Waals surface area contributed by atoms with Crippen LogP contribution in [0.4, 0.5) is 5.69 Å². The summed E-state index contributed by atoms with van der Waals surface area (Å²) < 4.78 is 5.31. The first-order valence-corrected chi connectivity index (χ1v) is 11.7. The van der Waals surface area contributed by atoms with Crippen LogP contribution in [0.5, 0.6) is 5.75 Å². The van der Waals surface area contributed by atoms with Gasteiger partial charge in [0.25, 0.3) is 0 Å². The zero-order chi connectivity index (χ0) is 23.9. The van der Waals surface area contributed by atoms with Crippen LogP contribution in [0.3, 0.4) is 0 Å². The van der Waals surface area contributed by atoms with Crippen molar-refractivity contribution in [3.63, 3.8) is 0 Å². The van der Waals surface area contributed by atoms with Crippen molar-refractivity contribution in [3.05, 3.63) is 96.1 Å². The van der Waals surface area contributed by atoms with Crippen molar-refractivity contribution < 1.29 is 9.53 Å². The molecule has 0 radical (unpaired) electrons. The minimum atomic E-state index is -0.206. The van der Waals surface area contributed by atoms with Gasteiger partial charge >= 0.3 is 0 Å². The number of nitrogens with zero attached hydrogens (tertiary/aromatic N) is 2. The summed E-state index contributed by atoms with van der Waals surface area (Å²) in [7, 11) is 1.56. The lowest BCUT2D eigenvalue weighted by molar-refractivity contribution is -0.113. The van der Waals surface area contributed by atoms with Gasteiger partial charge < -0.3 is 10.1 Å². The number of carbonyl (C=O) groups is 1. The fourth-order valence-electron chi connectivity index (χ4n) is 3.52. The van der Waals surface area contributed by atoms with E-state index in [9.17, 15) is 10.1 Å². The Labute approximate surface area is 203 Å². The molecule has 4 rings (SSSR count). The molecule has 1 N–H and O–H groups in total. The van der Waals surface area contributed by atoms with E-state index in [1.54, 1.807) is 19.2 Å². The Kier molecular flexibility index (Phi) is 7.26. The number of amides is 1. The number of nitriles is 1. The first kappa shape index (κ1) is 23.1. The van der Waals surface area contributed by atoms with Gasteiger partial charge in [-0.05, 0) is 30.7 Å². The second kappa shape index (κ2) is 10.7. The van der Waals surface area contributed by atoms with E-state index in [-0.39, 0.29) is 11.7 Å². The number of anilines is 1. The zero-order valence-corrected chi connectivity index (χ0v) is 19.7. The summed E-state index contributed by atoms with van der Waals surface area (Å²) in [5.74, 6) is 0.484. The van der Waals surface area contributed by atoms with E-state index in [2.05, 4.69) is 11.4 Å². The van der Waals surface area contributed by atoms with Crippen molar-refractivity contribution in [1.29, 1.82) is 5.26 Å². The first-order valence-electron chi connectivity index (χ1n) is 10.7. The quantitative estimate of drug-likeness (QED) is 0.323. The van der Waals surface area contributed by atoms with Crippen LogP contribution in [0.25, 0.3) is 22.4 Å².